The number of aromatic nitrogens is 2. The van der Waals surface area contributed by atoms with E-state index in [2.05, 4.69) is 32.7 Å². The van der Waals surface area contributed by atoms with Crippen LogP contribution in [-0.2, 0) is 0 Å². The molecule has 0 amide bonds. The Morgan fingerprint density at radius 2 is 1.79 bits per heavy atom. The first kappa shape index (κ1) is 17.9. The van der Waals surface area contributed by atoms with Crippen molar-refractivity contribution < 1.29 is 4.74 Å². The van der Waals surface area contributed by atoms with Crippen LogP contribution in [-0.4, -0.2) is 17.1 Å². The van der Waals surface area contributed by atoms with E-state index in [1.165, 1.54) is 0 Å². The van der Waals surface area contributed by atoms with E-state index in [9.17, 15) is 0 Å². The van der Waals surface area contributed by atoms with Gasteiger partial charge < -0.3 is 21.1 Å². The van der Waals surface area contributed by atoms with E-state index < -0.39 is 0 Å². The number of anilines is 5. The first-order valence-corrected chi connectivity index (χ1v) is 8.99. The summed E-state index contributed by atoms with van der Waals surface area (Å²) in [5.74, 6) is 1.51. The lowest BCUT2D eigenvalue weighted by atomic mass is 10.1. The summed E-state index contributed by atoms with van der Waals surface area (Å²) >= 11 is 6.29. The molecule has 0 fully saturated rings. The van der Waals surface area contributed by atoms with Crippen LogP contribution < -0.4 is 21.1 Å². The molecule has 1 aromatic heterocycles. The second-order valence-electron chi connectivity index (χ2n) is 6.16. The molecule has 0 spiro atoms. The summed E-state index contributed by atoms with van der Waals surface area (Å²) < 4.78 is 5.35. The number of nitrogen functional groups attached to an aromatic ring is 1. The highest BCUT2D eigenvalue weighted by molar-refractivity contribution is 6.32. The average molecular weight is 392 g/mol. The first-order chi connectivity index (χ1) is 13.6. The maximum absolute atomic E-state index is 6.29. The van der Waals surface area contributed by atoms with Gasteiger partial charge in [-0.1, -0.05) is 41.9 Å². The van der Waals surface area contributed by atoms with Gasteiger partial charge in [-0.05, 0) is 41.1 Å². The number of nitrogens with zero attached hydrogens (tertiary/aromatic N) is 2. The van der Waals surface area contributed by atoms with Crippen LogP contribution >= 0.6 is 11.6 Å². The second-order valence-corrected chi connectivity index (χ2v) is 6.57. The van der Waals surface area contributed by atoms with Gasteiger partial charge in [-0.15, -0.1) is 0 Å². The number of fused-ring (bicyclic) bond motifs is 1. The Morgan fingerprint density at radius 1 is 0.964 bits per heavy atom. The van der Waals surface area contributed by atoms with Gasteiger partial charge in [-0.25, -0.2) is 4.98 Å². The van der Waals surface area contributed by atoms with Gasteiger partial charge in [0.1, 0.15) is 10.8 Å². The maximum atomic E-state index is 6.29. The second kappa shape index (κ2) is 7.62. The molecular formula is C21H18ClN5O. The van der Waals surface area contributed by atoms with Crippen molar-refractivity contribution in [2.24, 2.45) is 0 Å². The normalized spacial score (nSPS) is 10.6. The molecule has 28 heavy (non-hydrogen) atoms. The van der Waals surface area contributed by atoms with Crippen LogP contribution in [0.3, 0.4) is 0 Å². The Hall–Kier alpha value is -3.51. The third kappa shape index (κ3) is 3.77. The quantitative estimate of drug-likeness (QED) is 0.397. The predicted octanol–water partition coefficient (Wildman–Crippen LogP) is 5.36. The van der Waals surface area contributed by atoms with Gasteiger partial charge in [0.15, 0.2) is 5.82 Å². The Labute approximate surface area is 167 Å². The number of rotatable bonds is 5. The lowest BCUT2D eigenvalue weighted by Gasteiger charge is -2.13. The third-order valence-corrected chi connectivity index (χ3v) is 4.50. The molecule has 4 aromatic rings. The Kier molecular flexibility index (Phi) is 4.87. The summed E-state index contributed by atoms with van der Waals surface area (Å²) in [4.78, 5) is 8.73. The highest BCUT2D eigenvalue weighted by Crippen LogP contribution is 2.30. The number of benzene rings is 3. The Balaban J connectivity index is 1.62. The molecule has 4 rings (SSSR count). The fourth-order valence-electron chi connectivity index (χ4n) is 2.86. The number of nitrogens with two attached hydrogens (primary N) is 1. The van der Waals surface area contributed by atoms with E-state index in [0.717, 1.165) is 16.5 Å². The third-order valence-electron chi connectivity index (χ3n) is 4.23. The van der Waals surface area contributed by atoms with E-state index in [4.69, 9.17) is 22.1 Å². The van der Waals surface area contributed by atoms with Crippen molar-refractivity contribution in [3.8, 4) is 5.75 Å². The van der Waals surface area contributed by atoms with Crippen LogP contribution in [0.4, 0.5) is 28.8 Å². The molecular weight excluding hydrogens is 374 g/mol. The number of hydrogen-bond acceptors (Lipinski definition) is 6. The van der Waals surface area contributed by atoms with Crippen molar-refractivity contribution in [1.82, 2.24) is 9.97 Å². The minimum Gasteiger partial charge on any atom is -0.495 e. The molecule has 3 aromatic carbocycles. The molecule has 7 heteroatoms. The smallest absolute Gasteiger partial charge is 0.229 e. The molecule has 0 radical (unpaired) electrons. The summed E-state index contributed by atoms with van der Waals surface area (Å²) in [6, 6.07) is 19.5. The molecule has 0 saturated heterocycles. The topological polar surface area (TPSA) is 85.1 Å². The minimum atomic E-state index is 0.372. The van der Waals surface area contributed by atoms with Crippen molar-refractivity contribution in [3.05, 3.63) is 71.9 Å². The summed E-state index contributed by atoms with van der Waals surface area (Å²) in [5, 5.41) is 9.08. The van der Waals surface area contributed by atoms with E-state index in [0.29, 0.717) is 33.9 Å². The number of hydrogen-bond donors (Lipinski definition) is 3. The van der Waals surface area contributed by atoms with Crippen LogP contribution in [0.15, 0.2) is 66.9 Å². The number of nitrogens with one attached hydrogen (secondary N) is 2. The van der Waals surface area contributed by atoms with Crippen molar-refractivity contribution >= 4 is 51.2 Å². The van der Waals surface area contributed by atoms with Gasteiger partial charge in [0.2, 0.25) is 5.95 Å². The van der Waals surface area contributed by atoms with Crippen molar-refractivity contribution in [1.29, 1.82) is 0 Å². The minimum absolute atomic E-state index is 0.372. The summed E-state index contributed by atoms with van der Waals surface area (Å²) in [5.41, 5.74) is 8.02. The van der Waals surface area contributed by atoms with Crippen LogP contribution in [0.2, 0.25) is 5.02 Å². The predicted molar refractivity (Wildman–Crippen MR) is 115 cm³/mol. The largest absolute Gasteiger partial charge is 0.495 e. The maximum Gasteiger partial charge on any atom is 0.229 e. The molecule has 4 N–H and O–H groups in total. The summed E-state index contributed by atoms with van der Waals surface area (Å²) in [6.45, 7) is 0. The van der Waals surface area contributed by atoms with E-state index >= 15 is 0 Å². The zero-order valence-corrected chi connectivity index (χ0v) is 15.9. The van der Waals surface area contributed by atoms with Crippen molar-refractivity contribution in [3.63, 3.8) is 0 Å². The summed E-state index contributed by atoms with van der Waals surface area (Å²) in [6.07, 6.45) is 1.54. The lowest BCUT2D eigenvalue weighted by Crippen LogP contribution is -2.03. The zero-order valence-electron chi connectivity index (χ0n) is 15.1. The number of halogens is 1. The molecule has 6 nitrogen and oxygen atoms in total. The van der Waals surface area contributed by atoms with Crippen LogP contribution in [0.25, 0.3) is 10.8 Å². The van der Waals surface area contributed by atoms with Crippen molar-refractivity contribution in [2.45, 2.75) is 0 Å². The average Bonchev–Trinajstić information content (AvgIpc) is 2.71. The van der Waals surface area contributed by atoms with Gasteiger partial charge in [0, 0.05) is 11.4 Å². The van der Waals surface area contributed by atoms with E-state index in [1.54, 1.807) is 31.5 Å². The van der Waals surface area contributed by atoms with Gasteiger partial charge >= 0.3 is 0 Å². The molecule has 0 unspecified atom stereocenters. The zero-order chi connectivity index (χ0) is 19.5. The van der Waals surface area contributed by atoms with Crippen LogP contribution in [0, 0.1) is 0 Å². The molecule has 140 valence electrons. The molecule has 0 atom stereocenters. The standard InChI is InChI=1S/C21H18ClN5O/c1-28-19-9-7-15(23)11-18(19)26-21-24-12-17(22)20(27-21)25-16-8-6-13-4-2-3-5-14(13)10-16/h2-12H,23H2,1H3,(H2,24,25,26,27). The molecule has 0 bridgehead atoms. The van der Waals surface area contributed by atoms with Crippen molar-refractivity contribution in [2.75, 3.05) is 23.5 Å². The fraction of sp³-hybridized carbons (Fsp3) is 0.0476. The Morgan fingerprint density at radius 3 is 2.61 bits per heavy atom. The monoisotopic (exact) mass is 391 g/mol. The van der Waals surface area contributed by atoms with Crippen LogP contribution in [0.1, 0.15) is 0 Å². The molecule has 0 saturated carbocycles. The van der Waals surface area contributed by atoms with Gasteiger partial charge in [-0.3, -0.25) is 0 Å². The number of ether oxygens (including phenoxy) is 1. The SMILES string of the molecule is COc1ccc(N)cc1Nc1ncc(Cl)c(Nc2ccc3ccccc3c2)n1. The molecule has 1 heterocycles. The fourth-order valence-corrected chi connectivity index (χ4v) is 3.00. The van der Waals surface area contributed by atoms with E-state index in [1.807, 2.05) is 30.3 Å². The lowest BCUT2D eigenvalue weighted by molar-refractivity contribution is 0.417. The number of methoxy groups -OCH3 is 1. The van der Waals surface area contributed by atoms with Gasteiger partial charge in [0.25, 0.3) is 0 Å². The van der Waals surface area contributed by atoms with Gasteiger partial charge in [-0.2, -0.15) is 4.98 Å². The van der Waals surface area contributed by atoms with Crippen LogP contribution in [0.5, 0.6) is 5.75 Å². The summed E-state index contributed by atoms with van der Waals surface area (Å²) in [7, 11) is 1.59. The molecule has 0 aliphatic heterocycles. The first-order valence-electron chi connectivity index (χ1n) is 8.61. The highest BCUT2D eigenvalue weighted by atomic mass is 35.5. The van der Waals surface area contributed by atoms with E-state index in [-0.39, 0.29) is 0 Å². The van der Waals surface area contributed by atoms with Gasteiger partial charge in [0.05, 0.1) is 19.0 Å². The molecule has 0 aliphatic carbocycles. The molecule has 0 aliphatic rings. The Bertz CT molecular complexity index is 1150. The highest BCUT2D eigenvalue weighted by Gasteiger charge is 2.10.